The highest BCUT2D eigenvalue weighted by atomic mass is 35.5. The molecule has 3 heterocycles. The molecular weight excluding hydrogens is 452 g/mol. The summed E-state index contributed by atoms with van der Waals surface area (Å²) in [7, 11) is 0. The van der Waals surface area contributed by atoms with Crippen molar-refractivity contribution in [1.82, 2.24) is 4.98 Å². The molecule has 1 saturated heterocycles. The molecule has 1 aliphatic carbocycles. The Hall–Kier alpha value is -2.56. The summed E-state index contributed by atoms with van der Waals surface area (Å²) in [6.07, 6.45) is 4.27. The number of nitrogens with two attached hydrogens (primary N) is 4. The first-order chi connectivity index (χ1) is 15.3. The third-order valence-corrected chi connectivity index (χ3v) is 7.36. The minimum absolute atomic E-state index is 0.0693. The van der Waals surface area contributed by atoms with E-state index in [1.165, 1.54) is 11.3 Å². The number of piperidine rings is 1. The van der Waals surface area contributed by atoms with E-state index in [2.05, 4.69) is 15.5 Å². The van der Waals surface area contributed by atoms with Crippen molar-refractivity contribution in [2.45, 2.75) is 50.5 Å². The topological polar surface area (TPSA) is 155 Å². The van der Waals surface area contributed by atoms with E-state index in [0.29, 0.717) is 22.9 Å². The quantitative estimate of drug-likeness (QED) is 0.166. The molecule has 2 aliphatic rings. The lowest BCUT2D eigenvalue weighted by Crippen LogP contribution is -2.86. The lowest BCUT2D eigenvalue weighted by atomic mass is 9.73. The van der Waals surface area contributed by atoms with E-state index in [4.69, 9.17) is 38.4 Å². The van der Waals surface area contributed by atoms with Crippen LogP contribution in [0.4, 0.5) is 10.7 Å². The lowest BCUT2D eigenvalue weighted by Gasteiger charge is -2.31. The molecule has 1 aliphatic heterocycles. The number of anilines is 2. The minimum atomic E-state index is -0.941. The van der Waals surface area contributed by atoms with E-state index < -0.39 is 11.4 Å². The molecule has 1 atom stereocenters. The normalized spacial score (nSPS) is 21.8. The van der Waals surface area contributed by atoms with Gasteiger partial charge in [0.1, 0.15) is 27.7 Å². The van der Waals surface area contributed by atoms with Crippen LogP contribution in [0.3, 0.4) is 0 Å². The number of nitrogen functional groups attached to an aromatic ring is 2. The highest BCUT2D eigenvalue weighted by Gasteiger charge is 2.44. The standard InChI is InChI=1S/C21H27ClN6O3S/c1-21(6-2-3-14-16(21)17(23)19(25)32-14)20(29)31-28-18(24)13-9-12(10-15(22)27-13)30-11-4-7-26-8-5-11/h9-11,26H,2-8,23,25H2,1H3,(H2,24,28)/p+1. The molecule has 0 bridgehead atoms. The highest BCUT2D eigenvalue weighted by molar-refractivity contribution is 7.16. The van der Waals surface area contributed by atoms with Gasteiger partial charge in [-0.15, -0.1) is 11.3 Å². The number of oxime groups is 1. The number of aryl methyl sites for hydroxylation is 1. The molecule has 32 heavy (non-hydrogen) atoms. The smallest absolute Gasteiger partial charge is 0.345 e. The molecule has 0 spiro atoms. The summed E-state index contributed by atoms with van der Waals surface area (Å²) in [6.45, 7) is 3.85. The zero-order chi connectivity index (χ0) is 22.9. The van der Waals surface area contributed by atoms with Crippen LogP contribution in [-0.2, 0) is 21.5 Å². The lowest BCUT2D eigenvalue weighted by molar-refractivity contribution is -0.664. The molecule has 2 aromatic rings. The largest absolute Gasteiger partial charge is 0.490 e. The molecule has 0 saturated carbocycles. The van der Waals surface area contributed by atoms with Gasteiger partial charge in [-0.2, -0.15) is 0 Å². The van der Waals surface area contributed by atoms with Crippen LogP contribution in [0.2, 0.25) is 5.15 Å². The number of rotatable bonds is 5. The Kier molecular flexibility index (Phi) is 6.45. The van der Waals surface area contributed by atoms with Crippen LogP contribution >= 0.6 is 22.9 Å². The second-order valence-electron chi connectivity index (χ2n) is 8.41. The Morgan fingerprint density at radius 3 is 2.84 bits per heavy atom. The predicted octanol–water partition coefficient (Wildman–Crippen LogP) is 1.52. The van der Waals surface area contributed by atoms with Crippen molar-refractivity contribution in [2.24, 2.45) is 10.9 Å². The number of pyridine rings is 1. The Balaban J connectivity index is 1.51. The number of nitrogens with zero attached hydrogens (tertiary/aromatic N) is 2. The Labute approximate surface area is 195 Å². The fraction of sp³-hybridized carbons (Fsp3) is 0.476. The SMILES string of the molecule is CC1(C(=O)O/N=C(\N)c2cc(OC3CC[NH2+]CC3)cc(Cl)n2)CCCc2sc(N)c(N)c21. The van der Waals surface area contributed by atoms with Crippen LogP contribution < -0.4 is 27.3 Å². The van der Waals surface area contributed by atoms with Gasteiger partial charge < -0.3 is 32.1 Å². The molecule has 0 amide bonds. The molecule has 8 N–H and O–H groups in total. The van der Waals surface area contributed by atoms with Crippen LogP contribution in [0, 0.1) is 0 Å². The first-order valence-electron chi connectivity index (χ1n) is 10.7. The number of carbonyl (C=O) groups is 1. The van der Waals surface area contributed by atoms with Gasteiger partial charge in [0.25, 0.3) is 0 Å². The third kappa shape index (κ3) is 4.48. The average Bonchev–Trinajstić information content (AvgIpc) is 3.07. The minimum Gasteiger partial charge on any atom is -0.490 e. The molecule has 0 radical (unpaired) electrons. The molecule has 0 aromatic carbocycles. The number of aromatic nitrogens is 1. The van der Waals surface area contributed by atoms with Gasteiger partial charge in [-0.3, -0.25) is 0 Å². The van der Waals surface area contributed by atoms with Gasteiger partial charge in [0, 0.05) is 35.4 Å². The molecule has 11 heteroatoms. The number of fused-ring (bicyclic) bond motifs is 1. The first-order valence-corrected chi connectivity index (χ1v) is 11.9. The number of ether oxygens (including phenoxy) is 1. The summed E-state index contributed by atoms with van der Waals surface area (Å²) in [5.41, 5.74) is 18.7. The summed E-state index contributed by atoms with van der Waals surface area (Å²) in [4.78, 5) is 23.5. The number of quaternary nitrogens is 1. The number of carbonyl (C=O) groups excluding carboxylic acids is 1. The van der Waals surface area contributed by atoms with Crippen molar-refractivity contribution in [2.75, 3.05) is 24.6 Å². The van der Waals surface area contributed by atoms with Crippen LogP contribution in [-0.4, -0.2) is 36.0 Å². The summed E-state index contributed by atoms with van der Waals surface area (Å²) >= 11 is 7.57. The molecule has 172 valence electrons. The average molecular weight is 480 g/mol. The summed E-state index contributed by atoms with van der Waals surface area (Å²) in [6, 6.07) is 3.28. The molecule has 1 unspecified atom stereocenters. The zero-order valence-corrected chi connectivity index (χ0v) is 19.5. The molecule has 9 nitrogen and oxygen atoms in total. The fourth-order valence-corrected chi connectivity index (χ4v) is 5.70. The molecule has 4 rings (SSSR count). The number of amidine groups is 1. The number of hydrogen-bond donors (Lipinski definition) is 4. The molecule has 2 aromatic heterocycles. The Morgan fingerprint density at radius 2 is 2.09 bits per heavy atom. The zero-order valence-electron chi connectivity index (χ0n) is 17.9. The van der Waals surface area contributed by atoms with Crippen LogP contribution in [0.5, 0.6) is 5.75 Å². The van der Waals surface area contributed by atoms with E-state index in [0.717, 1.165) is 49.2 Å². The third-order valence-electron chi connectivity index (χ3n) is 6.07. The van der Waals surface area contributed by atoms with Crippen LogP contribution in [0.1, 0.15) is 48.7 Å². The van der Waals surface area contributed by atoms with Gasteiger partial charge in [0.2, 0.25) is 0 Å². The Morgan fingerprint density at radius 1 is 1.34 bits per heavy atom. The van der Waals surface area contributed by atoms with Gasteiger partial charge in [-0.1, -0.05) is 16.8 Å². The number of thiophene rings is 1. The first kappa shape index (κ1) is 22.6. The van der Waals surface area contributed by atoms with Gasteiger partial charge in [-0.25, -0.2) is 9.78 Å². The van der Waals surface area contributed by atoms with Crippen molar-refractivity contribution in [3.63, 3.8) is 0 Å². The van der Waals surface area contributed by atoms with E-state index in [-0.39, 0.29) is 22.8 Å². The van der Waals surface area contributed by atoms with Crippen molar-refractivity contribution in [3.05, 3.63) is 33.4 Å². The van der Waals surface area contributed by atoms with E-state index in [1.807, 2.05) is 0 Å². The molecule has 1 fully saturated rings. The maximum absolute atomic E-state index is 13.0. The fourth-order valence-electron chi connectivity index (χ4n) is 4.34. The summed E-state index contributed by atoms with van der Waals surface area (Å²) in [5.74, 6) is -0.0512. The second kappa shape index (κ2) is 9.13. The number of hydrogen-bond acceptors (Lipinski definition) is 8. The van der Waals surface area contributed by atoms with Crippen LogP contribution in [0.15, 0.2) is 17.3 Å². The van der Waals surface area contributed by atoms with Crippen molar-refractivity contribution < 1.29 is 19.7 Å². The Bertz CT molecular complexity index is 1050. The monoisotopic (exact) mass is 479 g/mol. The maximum Gasteiger partial charge on any atom is 0.345 e. The van der Waals surface area contributed by atoms with Crippen LogP contribution in [0.25, 0.3) is 0 Å². The van der Waals surface area contributed by atoms with E-state index in [1.54, 1.807) is 19.1 Å². The van der Waals surface area contributed by atoms with Gasteiger partial charge >= 0.3 is 5.97 Å². The molecular formula is C21H28ClN6O3S+. The van der Waals surface area contributed by atoms with Crippen molar-refractivity contribution >= 4 is 45.4 Å². The van der Waals surface area contributed by atoms with Gasteiger partial charge in [0.05, 0.1) is 24.2 Å². The van der Waals surface area contributed by atoms with E-state index >= 15 is 0 Å². The maximum atomic E-state index is 13.0. The summed E-state index contributed by atoms with van der Waals surface area (Å²) < 4.78 is 6.03. The van der Waals surface area contributed by atoms with Gasteiger partial charge in [-0.05, 0) is 26.2 Å². The van der Waals surface area contributed by atoms with E-state index in [9.17, 15) is 4.79 Å². The summed E-state index contributed by atoms with van der Waals surface area (Å²) in [5, 5.41) is 6.85. The van der Waals surface area contributed by atoms with Crippen molar-refractivity contribution in [3.8, 4) is 5.75 Å². The van der Waals surface area contributed by atoms with Crippen molar-refractivity contribution in [1.29, 1.82) is 0 Å². The predicted molar refractivity (Wildman–Crippen MR) is 125 cm³/mol. The number of halogens is 1. The van der Waals surface area contributed by atoms with Gasteiger partial charge in [0.15, 0.2) is 5.84 Å². The highest BCUT2D eigenvalue weighted by Crippen LogP contribution is 2.47. The second-order valence-corrected chi connectivity index (χ2v) is 9.94.